The number of hydrogen-bond donors (Lipinski definition) is 1. The summed E-state index contributed by atoms with van der Waals surface area (Å²) in [7, 11) is 0. The first-order chi connectivity index (χ1) is 9.86. The summed E-state index contributed by atoms with van der Waals surface area (Å²) in [6.45, 7) is 5.71. The van der Waals surface area contributed by atoms with Crippen LogP contribution in [0.5, 0.6) is 0 Å². The van der Waals surface area contributed by atoms with Gasteiger partial charge < -0.3 is 9.88 Å². The summed E-state index contributed by atoms with van der Waals surface area (Å²) >= 11 is 0. The van der Waals surface area contributed by atoms with E-state index in [2.05, 4.69) is 32.9 Å². The Labute approximate surface area is 122 Å². The molecule has 2 fully saturated rings. The lowest BCUT2D eigenvalue weighted by molar-refractivity contribution is 0.0233. The molecule has 3 heterocycles. The molecule has 2 bridgehead atoms. The quantitative estimate of drug-likeness (QED) is 0.865. The van der Waals surface area contributed by atoms with Gasteiger partial charge in [-0.2, -0.15) is 0 Å². The van der Waals surface area contributed by atoms with Crippen LogP contribution in [0.1, 0.15) is 45.4 Å². The van der Waals surface area contributed by atoms with Crippen LogP contribution >= 0.6 is 0 Å². The zero-order chi connectivity index (χ0) is 13.8. The summed E-state index contributed by atoms with van der Waals surface area (Å²) in [6.07, 6.45) is 14.1. The molecule has 1 aromatic heterocycles. The van der Waals surface area contributed by atoms with Crippen molar-refractivity contribution in [1.29, 1.82) is 0 Å². The highest BCUT2D eigenvalue weighted by molar-refractivity contribution is 4.94. The molecule has 0 radical (unpaired) electrons. The average Bonchev–Trinajstić information content (AvgIpc) is 2.93. The Kier molecular flexibility index (Phi) is 4.73. The van der Waals surface area contributed by atoms with E-state index in [9.17, 15) is 0 Å². The fourth-order valence-electron chi connectivity index (χ4n) is 4.15. The largest absolute Gasteiger partial charge is 0.337 e. The highest BCUT2D eigenvalue weighted by Crippen LogP contribution is 2.34. The number of aromatic nitrogens is 2. The molecule has 4 nitrogen and oxygen atoms in total. The molecule has 1 N–H and O–H groups in total. The predicted octanol–water partition coefficient (Wildman–Crippen LogP) is 2.27. The smallest absolute Gasteiger partial charge is 0.0945 e. The van der Waals surface area contributed by atoms with Gasteiger partial charge in [0.1, 0.15) is 0 Å². The van der Waals surface area contributed by atoms with Gasteiger partial charge in [0.25, 0.3) is 0 Å². The van der Waals surface area contributed by atoms with E-state index in [1.54, 1.807) is 0 Å². The standard InChI is InChI=1S/C16H28N4/c1-2-18-14-11-15-5-3-6-16(12-14)20(15)9-4-8-19-10-7-17-13-19/h7,10,13-16,18H,2-6,8-9,11-12H2,1H3. The van der Waals surface area contributed by atoms with Gasteiger partial charge in [0.15, 0.2) is 0 Å². The second-order valence-corrected chi connectivity index (χ2v) is 6.36. The van der Waals surface area contributed by atoms with Crippen molar-refractivity contribution in [3.05, 3.63) is 18.7 Å². The van der Waals surface area contributed by atoms with Crippen molar-refractivity contribution in [2.24, 2.45) is 0 Å². The van der Waals surface area contributed by atoms with Crippen LogP contribution in [0.2, 0.25) is 0 Å². The third-order valence-electron chi connectivity index (χ3n) is 5.01. The number of nitrogens with one attached hydrogen (secondary N) is 1. The Morgan fingerprint density at radius 1 is 1.20 bits per heavy atom. The SMILES string of the molecule is CCNC1CC2CCCC(C1)N2CCCn1ccnc1. The van der Waals surface area contributed by atoms with Gasteiger partial charge in [0, 0.05) is 43.6 Å². The molecule has 2 aliphatic heterocycles. The maximum Gasteiger partial charge on any atom is 0.0945 e. The normalized spacial score (nSPS) is 30.6. The monoisotopic (exact) mass is 276 g/mol. The first kappa shape index (κ1) is 14.1. The van der Waals surface area contributed by atoms with Crippen molar-refractivity contribution in [2.75, 3.05) is 13.1 Å². The van der Waals surface area contributed by atoms with E-state index in [1.807, 2.05) is 12.5 Å². The maximum atomic E-state index is 4.12. The Hall–Kier alpha value is -0.870. The summed E-state index contributed by atoms with van der Waals surface area (Å²) in [4.78, 5) is 6.93. The molecule has 2 saturated heterocycles. The van der Waals surface area contributed by atoms with Gasteiger partial charge in [0.05, 0.1) is 6.33 Å². The number of piperidine rings is 2. The minimum absolute atomic E-state index is 0.764. The minimum Gasteiger partial charge on any atom is -0.337 e. The lowest BCUT2D eigenvalue weighted by atomic mass is 9.81. The third kappa shape index (κ3) is 3.23. The molecule has 2 aliphatic rings. The maximum absolute atomic E-state index is 4.12. The van der Waals surface area contributed by atoms with Crippen molar-refractivity contribution in [1.82, 2.24) is 19.8 Å². The number of rotatable bonds is 6. The van der Waals surface area contributed by atoms with Gasteiger partial charge >= 0.3 is 0 Å². The van der Waals surface area contributed by atoms with Crippen molar-refractivity contribution in [3.8, 4) is 0 Å². The van der Waals surface area contributed by atoms with Crippen LogP contribution in [0.3, 0.4) is 0 Å². The molecule has 112 valence electrons. The summed E-state index contributed by atoms with van der Waals surface area (Å²) in [5, 5.41) is 3.67. The lowest BCUT2D eigenvalue weighted by Gasteiger charge is -2.49. The molecule has 20 heavy (non-hydrogen) atoms. The Morgan fingerprint density at radius 3 is 2.65 bits per heavy atom. The number of imidazole rings is 1. The molecule has 2 atom stereocenters. The summed E-state index contributed by atoms with van der Waals surface area (Å²) in [5.74, 6) is 0. The summed E-state index contributed by atoms with van der Waals surface area (Å²) < 4.78 is 2.20. The zero-order valence-electron chi connectivity index (χ0n) is 12.7. The molecule has 0 aromatic carbocycles. The molecule has 0 spiro atoms. The van der Waals surface area contributed by atoms with Crippen LogP contribution in [0.15, 0.2) is 18.7 Å². The average molecular weight is 276 g/mol. The molecule has 0 aliphatic carbocycles. The molecule has 1 aromatic rings. The summed E-state index contributed by atoms with van der Waals surface area (Å²) in [6, 6.07) is 2.42. The van der Waals surface area contributed by atoms with Gasteiger partial charge in [-0.3, -0.25) is 4.90 Å². The van der Waals surface area contributed by atoms with E-state index in [0.717, 1.165) is 31.2 Å². The first-order valence-electron chi connectivity index (χ1n) is 8.31. The van der Waals surface area contributed by atoms with Gasteiger partial charge in [-0.1, -0.05) is 13.3 Å². The fourth-order valence-corrected chi connectivity index (χ4v) is 4.15. The van der Waals surface area contributed by atoms with Crippen LogP contribution in [-0.4, -0.2) is 45.7 Å². The topological polar surface area (TPSA) is 33.1 Å². The van der Waals surface area contributed by atoms with Gasteiger partial charge in [-0.25, -0.2) is 4.98 Å². The third-order valence-corrected chi connectivity index (χ3v) is 5.01. The Bertz CT molecular complexity index is 375. The van der Waals surface area contributed by atoms with E-state index in [-0.39, 0.29) is 0 Å². The van der Waals surface area contributed by atoms with Crippen molar-refractivity contribution in [3.63, 3.8) is 0 Å². The highest BCUT2D eigenvalue weighted by Gasteiger charge is 2.37. The minimum atomic E-state index is 0.764. The molecule has 0 saturated carbocycles. The van der Waals surface area contributed by atoms with Crippen LogP contribution in [0, 0.1) is 0 Å². The van der Waals surface area contributed by atoms with Gasteiger partial charge in [0.2, 0.25) is 0 Å². The predicted molar refractivity (Wildman–Crippen MR) is 81.7 cm³/mol. The van der Waals surface area contributed by atoms with Crippen molar-refractivity contribution in [2.45, 2.75) is 70.1 Å². The van der Waals surface area contributed by atoms with Gasteiger partial charge in [-0.15, -0.1) is 0 Å². The van der Waals surface area contributed by atoms with Crippen LogP contribution in [0.4, 0.5) is 0 Å². The van der Waals surface area contributed by atoms with Crippen LogP contribution in [-0.2, 0) is 6.54 Å². The molecule has 2 unspecified atom stereocenters. The van der Waals surface area contributed by atoms with Gasteiger partial charge in [-0.05, 0) is 38.6 Å². The number of hydrogen-bond acceptors (Lipinski definition) is 3. The van der Waals surface area contributed by atoms with E-state index in [0.29, 0.717) is 0 Å². The fraction of sp³-hybridized carbons (Fsp3) is 0.812. The van der Waals surface area contributed by atoms with Crippen molar-refractivity contribution >= 4 is 0 Å². The lowest BCUT2D eigenvalue weighted by Crippen LogP contribution is -2.56. The van der Waals surface area contributed by atoms with Crippen LogP contribution < -0.4 is 5.32 Å². The van der Waals surface area contributed by atoms with E-state index >= 15 is 0 Å². The second-order valence-electron chi connectivity index (χ2n) is 6.36. The molecule has 0 amide bonds. The molecular weight excluding hydrogens is 248 g/mol. The molecule has 4 heteroatoms. The molecular formula is C16H28N4. The number of fused-ring (bicyclic) bond motifs is 2. The van der Waals surface area contributed by atoms with E-state index in [1.165, 1.54) is 45.1 Å². The zero-order valence-corrected chi connectivity index (χ0v) is 12.7. The Morgan fingerprint density at radius 2 is 2.00 bits per heavy atom. The van der Waals surface area contributed by atoms with E-state index in [4.69, 9.17) is 0 Å². The summed E-state index contributed by atoms with van der Waals surface area (Å²) in [5.41, 5.74) is 0. The second kappa shape index (κ2) is 6.72. The number of aryl methyl sites for hydroxylation is 1. The number of nitrogens with zero attached hydrogens (tertiary/aromatic N) is 3. The van der Waals surface area contributed by atoms with Crippen LogP contribution in [0.25, 0.3) is 0 Å². The highest BCUT2D eigenvalue weighted by atomic mass is 15.2. The first-order valence-corrected chi connectivity index (χ1v) is 8.31. The van der Waals surface area contributed by atoms with E-state index < -0.39 is 0 Å². The Balaban J connectivity index is 1.51. The van der Waals surface area contributed by atoms with Crippen molar-refractivity contribution < 1.29 is 0 Å². The molecule has 3 rings (SSSR count).